The molecule has 17 heavy (non-hydrogen) atoms. The van der Waals surface area contributed by atoms with Gasteiger partial charge in [0.15, 0.2) is 0 Å². The predicted octanol–water partition coefficient (Wildman–Crippen LogP) is 1.42. The van der Waals surface area contributed by atoms with E-state index in [4.69, 9.17) is 4.74 Å². The van der Waals surface area contributed by atoms with Crippen LogP contribution < -0.4 is 0 Å². The van der Waals surface area contributed by atoms with Gasteiger partial charge in [-0.15, -0.1) is 0 Å². The van der Waals surface area contributed by atoms with Crippen LogP contribution >= 0.6 is 0 Å². The standard InChI is InChI=1S/C13H25NO3/c1-12(2)9-14(7-6-10(12)15)11(16)8-13(3,4)17-5/h10,15H,6-9H2,1-5H3. The summed E-state index contributed by atoms with van der Waals surface area (Å²) >= 11 is 0. The number of likely N-dealkylation sites (tertiary alicyclic amines) is 1. The van der Waals surface area contributed by atoms with Gasteiger partial charge < -0.3 is 14.7 Å². The third-order valence-corrected chi connectivity index (χ3v) is 3.66. The van der Waals surface area contributed by atoms with Crippen molar-refractivity contribution in [3.63, 3.8) is 0 Å². The second-order valence-electron chi connectivity index (χ2n) is 6.25. The van der Waals surface area contributed by atoms with E-state index in [0.29, 0.717) is 25.9 Å². The van der Waals surface area contributed by atoms with Crippen molar-refractivity contribution in [2.75, 3.05) is 20.2 Å². The molecule has 1 unspecified atom stereocenters. The van der Waals surface area contributed by atoms with Gasteiger partial charge in [-0.25, -0.2) is 0 Å². The van der Waals surface area contributed by atoms with E-state index < -0.39 is 5.60 Å². The first kappa shape index (κ1) is 14.5. The molecule has 1 N–H and O–H groups in total. The fraction of sp³-hybridized carbons (Fsp3) is 0.923. The third-order valence-electron chi connectivity index (χ3n) is 3.66. The minimum Gasteiger partial charge on any atom is -0.392 e. The number of piperidine rings is 1. The van der Waals surface area contributed by atoms with Crippen LogP contribution in [0.2, 0.25) is 0 Å². The maximum Gasteiger partial charge on any atom is 0.225 e. The molecule has 100 valence electrons. The van der Waals surface area contributed by atoms with Gasteiger partial charge in [-0.05, 0) is 20.3 Å². The molecule has 1 atom stereocenters. The zero-order valence-corrected chi connectivity index (χ0v) is 11.6. The summed E-state index contributed by atoms with van der Waals surface area (Å²) < 4.78 is 5.28. The summed E-state index contributed by atoms with van der Waals surface area (Å²) in [4.78, 5) is 14.0. The van der Waals surface area contributed by atoms with Gasteiger partial charge in [0.1, 0.15) is 0 Å². The van der Waals surface area contributed by atoms with Gasteiger partial charge in [0, 0.05) is 25.6 Å². The summed E-state index contributed by atoms with van der Waals surface area (Å²) in [6.07, 6.45) is 0.726. The molecule has 1 heterocycles. The van der Waals surface area contributed by atoms with Gasteiger partial charge in [-0.3, -0.25) is 4.79 Å². The molecule has 0 saturated carbocycles. The lowest BCUT2D eigenvalue weighted by Crippen LogP contribution is -2.51. The van der Waals surface area contributed by atoms with Crippen molar-refractivity contribution in [1.29, 1.82) is 0 Å². The summed E-state index contributed by atoms with van der Waals surface area (Å²) in [7, 11) is 1.62. The summed E-state index contributed by atoms with van der Waals surface area (Å²) in [5.74, 6) is 0.108. The van der Waals surface area contributed by atoms with Crippen LogP contribution in [0, 0.1) is 5.41 Å². The molecule has 1 aliphatic heterocycles. The molecule has 1 amide bonds. The van der Waals surface area contributed by atoms with Crippen LogP contribution in [0.5, 0.6) is 0 Å². The van der Waals surface area contributed by atoms with E-state index >= 15 is 0 Å². The Balaban J connectivity index is 2.60. The van der Waals surface area contributed by atoms with Crippen LogP contribution in [-0.2, 0) is 9.53 Å². The Morgan fingerprint density at radius 3 is 2.59 bits per heavy atom. The van der Waals surface area contributed by atoms with Gasteiger partial charge in [0.2, 0.25) is 5.91 Å². The number of nitrogens with zero attached hydrogens (tertiary/aromatic N) is 1. The first-order valence-corrected chi connectivity index (χ1v) is 6.19. The van der Waals surface area contributed by atoms with Crippen molar-refractivity contribution < 1.29 is 14.6 Å². The van der Waals surface area contributed by atoms with Crippen LogP contribution in [0.15, 0.2) is 0 Å². The van der Waals surface area contributed by atoms with Gasteiger partial charge in [0.05, 0.1) is 18.1 Å². The Hall–Kier alpha value is -0.610. The fourth-order valence-electron chi connectivity index (χ4n) is 2.11. The highest BCUT2D eigenvalue weighted by Crippen LogP contribution is 2.30. The number of methoxy groups -OCH3 is 1. The Bertz CT molecular complexity index is 286. The van der Waals surface area contributed by atoms with E-state index in [9.17, 15) is 9.90 Å². The smallest absolute Gasteiger partial charge is 0.225 e. The number of hydrogen-bond acceptors (Lipinski definition) is 3. The van der Waals surface area contributed by atoms with E-state index in [-0.39, 0.29) is 17.4 Å². The monoisotopic (exact) mass is 243 g/mol. The summed E-state index contributed by atoms with van der Waals surface area (Å²) in [5, 5.41) is 9.85. The number of rotatable bonds is 3. The Morgan fingerprint density at radius 2 is 2.12 bits per heavy atom. The van der Waals surface area contributed by atoms with Crippen LogP contribution in [0.1, 0.15) is 40.5 Å². The van der Waals surface area contributed by atoms with Gasteiger partial charge in [0.25, 0.3) is 0 Å². The van der Waals surface area contributed by atoms with Crippen LogP contribution in [0.3, 0.4) is 0 Å². The second kappa shape index (κ2) is 4.94. The zero-order chi connectivity index (χ0) is 13.3. The van der Waals surface area contributed by atoms with Crippen LogP contribution in [0.25, 0.3) is 0 Å². The molecular weight excluding hydrogens is 218 g/mol. The minimum atomic E-state index is -0.419. The molecule has 1 rings (SSSR count). The van der Waals surface area contributed by atoms with Crippen molar-refractivity contribution >= 4 is 5.91 Å². The van der Waals surface area contributed by atoms with E-state index in [1.54, 1.807) is 7.11 Å². The number of amides is 1. The number of carbonyl (C=O) groups excluding carboxylic acids is 1. The van der Waals surface area contributed by atoms with Crippen LogP contribution in [0.4, 0.5) is 0 Å². The quantitative estimate of drug-likeness (QED) is 0.815. The van der Waals surface area contributed by atoms with Crippen molar-refractivity contribution in [2.24, 2.45) is 5.41 Å². The van der Waals surface area contributed by atoms with E-state index in [1.807, 2.05) is 32.6 Å². The molecule has 0 aliphatic carbocycles. The van der Waals surface area contributed by atoms with Crippen molar-refractivity contribution in [3.05, 3.63) is 0 Å². The molecule has 0 bridgehead atoms. The number of carbonyl (C=O) groups is 1. The lowest BCUT2D eigenvalue weighted by Gasteiger charge is -2.42. The summed E-state index contributed by atoms with van der Waals surface area (Å²) in [6, 6.07) is 0. The Labute approximate surface area is 104 Å². The highest BCUT2D eigenvalue weighted by molar-refractivity contribution is 5.77. The van der Waals surface area contributed by atoms with E-state index in [2.05, 4.69) is 0 Å². The normalized spacial score (nSPS) is 24.8. The summed E-state index contributed by atoms with van der Waals surface area (Å²) in [5.41, 5.74) is -0.636. The van der Waals surface area contributed by atoms with E-state index in [1.165, 1.54) is 0 Å². The molecule has 0 aromatic heterocycles. The fourth-order valence-corrected chi connectivity index (χ4v) is 2.11. The lowest BCUT2D eigenvalue weighted by atomic mass is 9.81. The Morgan fingerprint density at radius 1 is 1.53 bits per heavy atom. The van der Waals surface area contributed by atoms with Gasteiger partial charge in [-0.1, -0.05) is 13.8 Å². The highest BCUT2D eigenvalue weighted by Gasteiger charge is 2.37. The number of aliphatic hydroxyl groups excluding tert-OH is 1. The number of hydrogen-bond donors (Lipinski definition) is 1. The average Bonchev–Trinajstić information content (AvgIpc) is 2.21. The molecule has 0 spiro atoms. The molecule has 4 heteroatoms. The first-order valence-electron chi connectivity index (χ1n) is 6.19. The highest BCUT2D eigenvalue weighted by atomic mass is 16.5. The van der Waals surface area contributed by atoms with Crippen LogP contribution in [-0.4, -0.2) is 47.8 Å². The molecule has 1 saturated heterocycles. The van der Waals surface area contributed by atoms with Crippen molar-refractivity contribution in [3.8, 4) is 0 Å². The van der Waals surface area contributed by atoms with Crippen molar-refractivity contribution in [2.45, 2.75) is 52.2 Å². The first-order chi connectivity index (χ1) is 7.68. The third kappa shape index (κ3) is 3.68. The van der Waals surface area contributed by atoms with Gasteiger partial charge in [-0.2, -0.15) is 0 Å². The molecule has 0 radical (unpaired) electrons. The average molecular weight is 243 g/mol. The summed E-state index contributed by atoms with van der Waals surface area (Å²) in [6.45, 7) is 9.08. The Kier molecular flexibility index (Phi) is 4.20. The van der Waals surface area contributed by atoms with Gasteiger partial charge >= 0.3 is 0 Å². The predicted molar refractivity (Wildman–Crippen MR) is 66.7 cm³/mol. The molecule has 0 aromatic rings. The van der Waals surface area contributed by atoms with E-state index in [0.717, 1.165) is 0 Å². The number of aliphatic hydroxyl groups is 1. The molecule has 4 nitrogen and oxygen atoms in total. The zero-order valence-electron chi connectivity index (χ0n) is 11.6. The molecule has 1 aliphatic rings. The molecule has 1 fully saturated rings. The lowest BCUT2D eigenvalue weighted by molar-refractivity contribution is -0.143. The second-order valence-corrected chi connectivity index (χ2v) is 6.25. The maximum absolute atomic E-state index is 12.1. The molecular formula is C13H25NO3. The maximum atomic E-state index is 12.1. The van der Waals surface area contributed by atoms with Crippen molar-refractivity contribution in [1.82, 2.24) is 4.90 Å². The molecule has 0 aromatic carbocycles. The number of ether oxygens (including phenoxy) is 1. The largest absolute Gasteiger partial charge is 0.392 e. The SMILES string of the molecule is COC(C)(C)CC(=O)N1CCC(O)C(C)(C)C1. The topological polar surface area (TPSA) is 49.8 Å². The minimum absolute atomic E-state index is 0.108.